The van der Waals surface area contributed by atoms with Crippen molar-refractivity contribution < 1.29 is 19.0 Å². The van der Waals surface area contributed by atoms with Gasteiger partial charge in [-0.3, -0.25) is 0 Å². The lowest BCUT2D eigenvalue weighted by atomic mass is 10.4. The Bertz CT molecular complexity index is 354. The molecule has 0 aliphatic carbocycles. The number of methoxy groups -OCH3 is 2. The van der Waals surface area contributed by atoms with E-state index < -0.39 is 12.4 Å². The molecule has 1 aromatic heterocycles. The standard InChI is InChI=1S/C9H13N3O4/c1-14-8(15-2)6-3-4-11-7(12-6)5-16-9(10)13/h3-4,8H,5H2,1-2H3,(H2,10,13). The van der Waals surface area contributed by atoms with Gasteiger partial charge in [0, 0.05) is 20.4 Å². The molecule has 0 spiro atoms. The van der Waals surface area contributed by atoms with Crippen molar-refractivity contribution in [2.75, 3.05) is 14.2 Å². The fourth-order valence-corrected chi connectivity index (χ4v) is 1.09. The molecular weight excluding hydrogens is 214 g/mol. The summed E-state index contributed by atoms with van der Waals surface area (Å²) in [6.07, 6.45) is 0.0759. The first-order valence-electron chi connectivity index (χ1n) is 4.47. The van der Waals surface area contributed by atoms with Gasteiger partial charge in [0.1, 0.15) is 5.69 Å². The second-order valence-electron chi connectivity index (χ2n) is 2.81. The first kappa shape index (κ1) is 12.3. The van der Waals surface area contributed by atoms with Crippen LogP contribution in [0.2, 0.25) is 0 Å². The van der Waals surface area contributed by atoms with Gasteiger partial charge in [0.15, 0.2) is 12.4 Å². The summed E-state index contributed by atoms with van der Waals surface area (Å²) >= 11 is 0. The average molecular weight is 227 g/mol. The number of hydrogen-bond donors (Lipinski definition) is 1. The molecule has 1 rings (SSSR count). The van der Waals surface area contributed by atoms with E-state index in [1.165, 1.54) is 20.4 Å². The maximum absolute atomic E-state index is 10.4. The molecule has 1 heterocycles. The van der Waals surface area contributed by atoms with Crippen molar-refractivity contribution in [2.24, 2.45) is 5.73 Å². The molecule has 0 aliphatic heterocycles. The van der Waals surface area contributed by atoms with Crippen molar-refractivity contribution in [3.8, 4) is 0 Å². The van der Waals surface area contributed by atoms with Crippen LogP contribution in [-0.2, 0) is 20.8 Å². The van der Waals surface area contributed by atoms with Crippen LogP contribution in [0.25, 0.3) is 0 Å². The van der Waals surface area contributed by atoms with Gasteiger partial charge >= 0.3 is 6.09 Å². The molecule has 0 aliphatic rings. The fourth-order valence-electron chi connectivity index (χ4n) is 1.09. The largest absolute Gasteiger partial charge is 0.441 e. The van der Waals surface area contributed by atoms with Crippen LogP contribution in [0.3, 0.4) is 0 Å². The van der Waals surface area contributed by atoms with Crippen molar-refractivity contribution in [2.45, 2.75) is 12.9 Å². The Balaban J connectivity index is 2.73. The Kier molecular flexibility index (Phi) is 4.62. The van der Waals surface area contributed by atoms with E-state index in [0.717, 1.165) is 0 Å². The Labute approximate surface area is 92.5 Å². The maximum Gasteiger partial charge on any atom is 0.404 e. The highest BCUT2D eigenvalue weighted by Gasteiger charge is 2.11. The molecule has 0 aromatic carbocycles. The van der Waals surface area contributed by atoms with E-state index in [0.29, 0.717) is 11.5 Å². The summed E-state index contributed by atoms with van der Waals surface area (Å²) in [5, 5.41) is 0. The van der Waals surface area contributed by atoms with Gasteiger partial charge in [0.25, 0.3) is 0 Å². The van der Waals surface area contributed by atoms with Gasteiger partial charge in [-0.1, -0.05) is 0 Å². The molecule has 16 heavy (non-hydrogen) atoms. The van der Waals surface area contributed by atoms with Crippen LogP contribution >= 0.6 is 0 Å². The van der Waals surface area contributed by atoms with Crippen LogP contribution in [0, 0.1) is 0 Å². The Morgan fingerprint density at radius 3 is 2.75 bits per heavy atom. The first-order chi connectivity index (χ1) is 7.67. The van der Waals surface area contributed by atoms with E-state index in [9.17, 15) is 4.79 Å². The summed E-state index contributed by atoms with van der Waals surface area (Å²) in [5.74, 6) is 0.329. The number of carbonyl (C=O) groups excluding carboxylic acids is 1. The number of carbonyl (C=O) groups is 1. The minimum absolute atomic E-state index is 0.0800. The maximum atomic E-state index is 10.4. The highest BCUT2D eigenvalue weighted by atomic mass is 16.7. The quantitative estimate of drug-likeness (QED) is 0.729. The average Bonchev–Trinajstić information content (AvgIpc) is 2.29. The lowest BCUT2D eigenvalue weighted by Crippen LogP contribution is -2.15. The van der Waals surface area contributed by atoms with Gasteiger partial charge in [0.05, 0.1) is 0 Å². The normalized spacial score (nSPS) is 10.4. The molecule has 1 aromatic rings. The van der Waals surface area contributed by atoms with E-state index in [4.69, 9.17) is 15.2 Å². The van der Waals surface area contributed by atoms with E-state index in [1.54, 1.807) is 6.07 Å². The van der Waals surface area contributed by atoms with E-state index in [-0.39, 0.29) is 6.61 Å². The highest BCUT2D eigenvalue weighted by Crippen LogP contribution is 2.13. The third-order valence-corrected chi connectivity index (χ3v) is 1.74. The summed E-state index contributed by atoms with van der Waals surface area (Å²) < 4.78 is 14.6. The highest BCUT2D eigenvalue weighted by molar-refractivity contribution is 5.64. The first-order valence-corrected chi connectivity index (χ1v) is 4.47. The topological polar surface area (TPSA) is 96.6 Å². The molecule has 2 N–H and O–H groups in total. The number of aromatic nitrogens is 2. The van der Waals surface area contributed by atoms with Gasteiger partial charge in [-0.15, -0.1) is 0 Å². The molecule has 1 amide bonds. The number of nitrogens with zero attached hydrogens (tertiary/aromatic N) is 2. The second kappa shape index (κ2) is 5.99. The van der Waals surface area contributed by atoms with Crippen molar-refractivity contribution in [3.05, 3.63) is 23.8 Å². The van der Waals surface area contributed by atoms with Crippen LogP contribution in [0.5, 0.6) is 0 Å². The summed E-state index contributed by atoms with van der Waals surface area (Å²) in [7, 11) is 2.99. The smallest absolute Gasteiger partial charge is 0.404 e. The monoisotopic (exact) mass is 227 g/mol. The fraction of sp³-hybridized carbons (Fsp3) is 0.444. The summed E-state index contributed by atoms with van der Waals surface area (Å²) in [6, 6.07) is 1.64. The van der Waals surface area contributed by atoms with Gasteiger partial charge in [-0.2, -0.15) is 0 Å². The van der Waals surface area contributed by atoms with Crippen LogP contribution < -0.4 is 5.73 Å². The summed E-state index contributed by atoms with van der Waals surface area (Å²) in [5.41, 5.74) is 5.37. The molecule has 0 saturated heterocycles. The van der Waals surface area contributed by atoms with E-state index in [2.05, 4.69) is 14.7 Å². The van der Waals surface area contributed by atoms with Crippen molar-refractivity contribution in [1.29, 1.82) is 0 Å². The van der Waals surface area contributed by atoms with Crippen molar-refractivity contribution >= 4 is 6.09 Å². The molecule has 7 nitrogen and oxygen atoms in total. The minimum atomic E-state index is -0.871. The number of hydrogen-bond acceptors (Lipinski definition) is 6. The van der Waals surface area contributed by atoms with Gasteiger partial charge < -0.3 is 19.9 Å². The van der Waals surface area contributed by atoms with Crippen LogP contribution in [0.1, 0.15) is 17.8 Å². The number of amides is 1. The van der Waals surface area contributed by atoms with E-state index in [1.807, 2.05) is 0 Å². The van der Waals surface area contributed by atoms with Crippen molar-refractivity contribution in [1.82, 2.24) is 9.97 Å². The Hall–Kier alpha value is -1.73. The molecular formula is C9H13N3O4. The van der Waals surface area contributed by atoms with Gasteiger partial charge in [-0.05, 0) is 6.07 Å². The molecule has 0 atom stereocenters. The minimum Gasteiger partial charge on any atom is -0.441 e. The SMILES string of the molecule is COC(OC)c1ccnc(COC(N)=O)n1. The zero-order valence-electron chi connectivity index (χ0n) is 9.04. The van der Waals surface area contributed by atoms with Crippen molar-refractivity contribution in [3.63, 3.8) is 0 Å². The Morgan fingerprint density at radius 1 is 1.50 bits per heavy atom. The lowest BCUT2D eigenvalue weighted by molar-refractivity contribution is -0.108. The predicted molar refractivity (Wildman–Crippen MR) is 53.2 cm³/mol. The molecule has 0 bridgehead atoms. The van der Waals surface area contributed by atoms with E-state index >= 15 is 0 Å². The summed E-state index contributed by atoms with van der Waals surface area (Å²) in [4.78, 5) is 18.4. The number of ether oxygens (including phenoxy) is 3. The molecule has 0 unspecified atom stereocenters. The molecule has 0 fully saturated rings. The third-order valence-electron chi connectivity index (χ3n) is 1.74. The van der Waals surface area contributed by atoms with Gasteiger partial charge in [0.2, 0.25) is 6.29 Å². The number of nitrogens with two attached hydrogens (primary N) is 1. The van der Waals surface area contributed by atoms with Crippen LogP contribution in [-0.4, -0.2) is 30.3 Å². The molecule has 7 heteroatoms. The second-order valence-corrected chi connectivity index (χ2v) is 2.81. The van der Waals surface area contributed by atoms with Gasteiger partial charge in [-0.25, -0.2) is 14.8 Å². The molecule has 0 saturated carbocycles. The summed E-state index contributed by atoms with van der Waals surface area (Å²) in [6.45, 7) is -0.0800. The zero-order valence-corrected chi connectivity index (χ0v) is 9.04. The number of rotatable bonds is 5. The van der Waals surface area contributed by atoms with Crippen LogP contribution in [0.4, 0.5) is 4.79 Å². The molecule has 88 valence electrons. The lowest BCUT2D eigenvalue weighted by Gasteiger charge is -2.12. The molecule has 0 radical (unpaired) electrons. The number of primary amides is 1. The predicted octanol–water partition coefficient (Wildman–Crippen LogP) is 0.363. The third kappa shape index (κ3) is 3.44. The van der Waals surface area contributed by atoms with Crippen LogP contribution in [0.15, 0.2) is 12.3 Å². The Morgan fingerprint density at radius 2 is 2.19 bits per heavy atom. The zero-order chi connectivity index (χ0) is 12.0.